The van der Waals surface area contributed by atoms with E-state index >= 15 is 0 Å². The number of aromatic nitrogens is 1. The van der Waals surface area contributed by atoms with Crippen LogP contribution < -0.4 is 5.32 Å². The molecule has 1 heterocycles. The Labute approximate surface area is 149 Å². The third-order valence-corrected chi connectivity index (χ3v) is 4.46. The van der Waals surface area contributed by atoms with Crippen molar-refractivity contribution in [1.29, 1.82) is 0 Å². The molecule has 0 atom stereocenters. The van der Waals surface area contributed by atoms with Gasteiger partial charge < -0.3 is 9.73 Å². The number of nitrogens with one attached hydrogen (secondary N) is 1. The van der Waals surface area contributed by atoms with Gasteiger partial charge in [0.15, 0.2) is 5.58 Å². The minimum absolute atomic E-state index is 0.194. The van der Waals surface area contributed by atoms with Crippen LogP contribution in [-0.2, 0) is 10.5 Å². The number of hydrogen-bond acceptors (Lipinski definition) is 4. The predicted octanol–water partition coefficient (Wildman–Crippen LogP) is 4.03. The summed E-state index contributed by atoms with van der Waals surface area (Å²) < 4.78 is 19.0. The predicted molar refractivity (Wildman–Crippen MR) is 98.6 cm³/mol. The molecule has 1 amide bonds. The van der Waals surface area contributed by atoms with Gasteiger partial charge in [-0.15, -0.1) is 0 Å². The lowest BCUT2D eigenvalue weighted by Crippen LogP contribution is -2.23. The number of hydrogen-bond donors (Lipinski definition) is 1. The van der Waals surface area contributed by atoms with E-state index in [-0.39, 0.29) is 11.7 Å². The third-order valence-electron chi connectivity index (χ3n) is 3.45. The fraction of sp³-hybridized carbons (Fsp3) is 0.158. The Bertz CT molecular complexity index is 859. The summed E-state index contributed by atoms with van der Waals surface area (Å²) in [4.78, 5) is 16.0. The third kappa shape index (κ3) is 4.93. The van der Waals surface area contributed by atoms with Crippen LogP contribution >= 0.6 is 11.8 Å². The molecule has 0 spiro atoms. The molecule has 0 fully saturated rings. The molecule has 2 aromatic carbocycles. The molecule has 0 bridgehead atoms. The van der Waals surface area contributed by atoms with Gasteiger partial charge in [0.25, 0.3) is 0 Å². The van der Waals surface area contributed by atoms with Crippen LogP contribution in [-0.4, -0.2) is 23.2 Å². The summed E-state index contributed by atoms with van der Waals surface area (Å²) in [6.45, 7) is 0.510. The first kappa shape index (κ1) is 17.2. The normalized spacial score (nSPS) is 11.2. The van der Waals surface area contributed by atoms with Crippen molar-refractivity contribution < 1.29 is 13.6 Å². The van der Waals surface area contributed by atoms with E-state index in [9.17, 15) is 9.18 Å². The zero-order valence-electron chi connectivity index (χ0n) is 13.4. The molecule has 0 unspecified atom stereocenters. The molecule has 128 valence electrons. The molecule has 3 rings (SSSR count). The van der Waals surface area contributed by atoms with Gasteiger partial charge in [-0.05, 0) is 23.8 Å². The number of thioether (sulfide) groups is 1. The number of oxazole rings is 1. The number of para-hydroxylation sites is 2. The van der Waals surface area contributed by atoms with Crippen LogP contribution in [0.15, 0.2) is 59.0 Å². The van der Waals surface area contributed by atoms with Crippen LogP contribution in [0.5, 0.6) is 0 Å². The van der Waals surface area contributed by atoms with Gasteiger partial charge in [0.05, 0.1) is 0 Å². The Kier molecular flexibility index (Phi) is 5.85. The van der Waals surface area contributed by atoms with Crippen molar-refractivity contribution in [2.24, 2.45) is 0 Å². The van der Waals surface area contributed by atoms with Crippen molar-refractivity contribution in [3.05, 3.63) is 71.9 Å². The molecule has 0 aliphatic heterocycles. The number of carbonyl (C=O) groups is 1. The lowest BCUT2D eigenvalue weighted by molar-refractivity contribution is -0.116. The summed E-state index contributed by atoms with van der Waals surface area (Å²) >= 11 is 1.57. The van der Waals surface area contributed by atoms with Crippen LogP contribution in [0.25, 0.3) is 17.2 Å². The molecule has 0 radical (unpaired) electrons. The average Bonchev–Trinajstić information content (AvgIpc) is 3.04. The molecule has 1 aromatic heterocycles. The largest absolute Gasteiger partial charge is 0.437 e. The second-order valence-corrected chi connectivity index (χ2v) is 6.39. The molecule has 4 nitrogen and oxygen atoms in total. The van der Waals surface area contributed by atoms with Crippen LogP contribution in [0.2, 0.25) is 0 Å². The zero-order chi connectivity index (χ0) is 17.5. The summed E-state index contributed by atoms with van der Waals surface area (Å²) in [7, 11) is 0. The maximum atomic E-state index is 13.5. The molecule has 1 N–H and O–H groups in total. The Morgan fingerprint density at radius 1 is 1.20 bits per heavy atom. The fourth-order valence-electron chi connectivity index (χ4n) is 2.21. The SMILES string of the molecule is O=C(/C=C/c1nc2ccccc2o1)NCCSCc1ccccc1F. The van der Waals surface area contributed by atoms with Gasteiger partial charge in [0, 0.05) is 30.2 Å². The summed E-state index contributed by atoms with van der Waals surface area (Å²) in [5.41, 5.74) is 2.12. The zero-order valence-corrected chi connectivity index (χ0v) is 14.3. The highest BCUT2D eigenvalue weighted by Gasteiger charge is 2.03. The van der Waals surface area contributed by atoms with E-state index in [1.54, 1.807) is 30.0 Å². The molecule has 3 aromatic rings. The maximum absolute atomic E-state index is 13.5. The average molecular weight is 356 g/mol. The van der Waals surface area contributed by atoms with Crippen molar-refractivity contribution in [3.8, 4) is 0 Å². The first-order valence-electron chi connectivity index (χ1n) is 7.85. The van der Waals surface area contributed by atoms with E-state index in [1.165, 1.54) is 12.1 Å². The second-order valence-electron chi connectivity index (χ2n) is 5.29. The Morgan fingerprint density at radius 3 is 2.84 bits per heavy atom. The standard InChI is InChI=1S/C19H17FN2O2S/c20-15-6-2-1-5-14(15)13-25-12-11-21-18(23)9-10-19-22-16-7-3-4-8-17(16)24-19/h1-10H,11-13H2,(H,21,23)/b10-9+. The van der Waals surface area contributed by atoms with Crippen molar-refractivity contribution in [2.75, 3.05) is 12.3 Å². The Balaban J connectivity index is 1.40. The van der Waals surface area contributed by atoms with Crippen LogP contribution in [0, 0.1) is 5.82 Å². The second kappa shape index (κ2) is 8.48. The number of fused-ring (bicyclic) bond motifs is 1. The first-order valence-corrected chi connectivity index (χ1v) is 9.00. The molecule has 0 saturated heterocycles. The first-order chi connectivity index (χ1) is 12.2. The highest BCUT2D eigenvalue weighted by atomic mass is 32.2. The Morgan fingerprint density at radius 2 is 2.00 bits per heavy atom. The van der Waals surface area contributed by atoms with E-state index in [2.05, 4.69) is 10.3 Å². The van der Waals surface area contributed by atoms with Crippen LogP contribution in [0.3, 0.4) is 0 Å². The topological polar surface area (TPSA) is 55.1 Å². The summed E-state index contributed by atoms with van der Waals surface area (Å²) in [5.74, 6) is 1.28. The van der Waals surface area contributed by atoms with Crippen LogP contribution in [0.1, 0.15) is 11.5 Å². The summed E-state index contributed by atoms with van der Waals surface area (Å²) in [6.07, 6.45) is 2.94. The molecule has 0 saturated carbocycles. The lowest BCUT2D eigenvalue weighted by Gasteiger charge is -2.04. The highest BCUT2D eigenvalue weighted by molar-refractivity contribution is 7.98. The molecule has 0 aliphatic carbocycles. The monoisotopic (exact) mass is 356 g/mol. The van der Waals surface area contributed by atoms with E-state index in [1.807, 2.05) is 30.3 Å². The smallest absolute Gasteiger partial charge is 0.244 e. The number of benzene rings is 2. The highest BCUT2D eigenvalue weighted by Crippen LogP contribution is 2.16. The summed E-state index contributed by atoms with van der Waals surface area (Å²) in [5, 5.41) is 2.78. The van der Waals surface area contributed by atoms with Crippen molar-refractivity contribution >= 4 is 34.8 Å². The maximum Gasteiger partial charge on any atom is 0.244 e. The molecule has 6 heteroatoms. The van der Waals surface area contributed by atoms with Gasteiger partial charge in [-0.3, -0.25) is 4.79 Å². The van der Waals surface area contributed by atoms with E-state index in [4.69, 9.17) is 4.42 Å². The number of halogens is 1. The van der Waals surface area contributed by atoms with Gasteiger partial charge in [-0.1, -0.05) is 30.3 Å². The number of amides is 1. The van der Waals surface area contributed by atoms with Gasteiger partial charge in [-0.25, -0.2) is 9.37 Å². The van der Waals surface area contributed by atoms with Crippen LogP contribution in [0.4, 0.5) is 4.39 Å². The molecule has 25 heavy (non-hydrogen) atoms. The van der Waals surface area contributed by atoms with E-state index < -0.39 is 0 Å². The van der Waals surface area contributed by atoms with Gasteiger partial charge >= 0.3 is 0 Å². The quantitative estimate of drug-likeness (QED) is 0.513. The van der Waals surface area contributed by atoms with Gasteiger partial charge in [0.1, 0.15) is 11.3 Å². The molecular formula is C19H17FN2O2S. The minimum atomic E-state index is -0.214. The van der Waals surface area contributed by atoms with E-state index in [0.29, 0.717) is 35.1 Å². The molecule has 0 aliphatic rings. The number of carbonyl (C=O) groups excluding carboxylic acids is 1. The fourth-order valence-corrected chi connectivity index (χ4v) is 3.06. The van der Waals surface area contributed by atoms with Crippen molar-refractivity contribution in [3.63, 3.8) is 0 Å². The van der Waals surface area contributed by atoms with Gasteiger partial charge in [-0.2, -0.15) is 11.8 Å². The lowest BCUT2D eigenvalue weighted by atomic mass is 10.2. The van der Waals surface area contributed by atoms with Crippen molar-refractivity contribution in [1.82, 2.24) is 10.3 Å². The number of nitrogens with zero attached hydrogens (tertiary/aromatic N) is 1. The van der Waals surface area contributed by atoms with E-state index in [0.717, 1.165) is 5.52 Å². The van der Waals surface area contributed by atoms with Gasteiger partial charge in [0.2, 0.25) is 11.8 Å². The summed E-state index contributed by atoms with van der Waals surface area (Å²) in [6, 6.07) is 14.1. The number of rotatable bonds is 7. The molecular weight excluding hydrogens is 339 g/mol. The van der Waals surface area contributed by atoms with Crippen molar-refractivity contribution in [2.45, 2.75) is 5.75 Å². The Hall–Kier alpha value is -2.60. The minimum Gasteiger partial charge on any atom is -0.437 e.